The van der Waals surface area contributed by atoms with Crippen LogP contribution in [0, 0.1) is 5.82 Å². The second kappa shape index (κ2) is 10.6. The summed E-state index contributed by atoms with van der Waals surface area (Å²) in [5, 5.41) is 0. The Morgan fingerprint density at radius 2 is 1.29 bits per heavy atom. The zero-order valence-corrected chi connectivity index (χ0v) is 19.8. The van der Waals surface area contributed by atoms with Crippen molar-refractivity contribution in [3.05, 3.63) is 107 Å². The van der Waals surface area contributed by atoms with Gasteiger partial charge in [-0.2, -0.15) is 13.2 Å². The number of hydrogen-bond acceptors (Lipinski definition) is 2. The van der Waals surface area contributed by atoms with Crippen molar-refractivity contribution < 1.29 is 21.8 Å². The van der Waals surface area contributed by atoms with Gasteiger partial charge in [0, 0.05) is 11.1 Å². The summed E-state index contributed by atoms with van der Waals surface area (Å²) >= 11 is 0. The van der Waals surface area contributed by atoms with Crippen LogP contribution in [0.15, 0.2) is 89.9 Å². The van der Waals surface area contributed by atoms with Crippen molar-refractivity contribution in [2.45, 2.75) is 43.8 Å². The summed E-state index contributed by atoms with van der Waals surface area (Å²) < 4.78 is 70.9. The highest BCUT2D eigenvalue weighted by Gasteiger charge is 2.47. The van der Waals surface area contributed by atoms with E-state index in [1.807, 2.05) is 0 Å². The highest BCUT2D eigenvalue weighted by atomic mass is 32.2. The first-order valence-corrected chi connectivity index (χ1v) is 11.8. The molecule has 0 fully saturated rings. The maximum Gasteiger partial charge on any atom is 0.407 e. The largest absolute Gasteiger partial charge is 0.407 e. The van der Waals surface area contributed by atoms with Gasteiger partial charge in [0.15, 0.2) is 0 Å². The van der Waals surface area contributed by atoms with Gasteiger partial charge < -0.3 is 0 Å². The second-order valence-corrected chi connectivity index (χ2v) is 10.7. The number of hydrogen-bond donors (Lipinski definition) is 1. The van der Waals surface area contributed by atoms with Gasteiger partial charge in [-0.25, -0.2) is 13.3 Å². The first-order valence-electron chi connectivity index (χ1n) is 10.7. The Hall–Kier alpha value is -2.84. The van der Waals surface area contributed by atoms with Crippen molar-refractivity contribution in [3.63, 3.8) is 0 Å². The molecule has 0 aromatic heterocycles. The molecular formula is C26H26F4N2OS. The summed E-state index contributed by atoms with van der Waals surface area (Å²) in [5.41, 5.74) is 1.73. The molecule has 180 valence electrons. The summed E-state index contributed by atoms with van der Waals surface area (Å²) in [6.45, 7) is 4.75. The van der Waals surface area contributed by atoms with Crippen molar-refractivity contribution in [3.8, 4) is 0 Å². The lowest BCUT2D eigenvalue weighted by atomic mass is 9.97. The van der Waals surface area contributed by atoms with Gasteiger partial charge in [0.1, 0.15) is 17.9 Å². The van der Waals surface area contributed by atoms with E-state index < -0.39 is 39.8 Å². The molecule has 0 saturated carbocycles. The average Bonchev–Trinajstić information content (AvgIpc) is 2.79. The van der Waals surface area contributed by atoms with Gasteiger partial charge in [-0.15, -0.1) is 0 Å². The fourth-order valence-corrected chi connectivity index (χ4v) is 4.10. The molecule has 8 heteroatoms. The minimum atomic E-state index is -4.79. The van der Waals surface area contributed by atoms with E-state index >= 15 is 0 Å². The van der Waals surface area contributed by atoms with Crippen LogP contribution in [0.5, 0.6) is 0 Å². The second-order valence-electron chi connectivity index (χ2n) is 8.72. The highest BCUT2D eigenvalue weighted by Crippen LogP contribution is 2.35. The van der Waals surface area contributed by atoms with Crippen molar-refractivity contribution in [1.29, 1.82) is 0 Å². The van der Waals surface area contributed by atoms with E-state index in [9.17, 15) is 21.8 Å². The molecule has 3 atom stereocenters. The predicted molar refractivity (Wildman–Crippen MR) is 129 cm³/mol. The fourth-order valence-electron chi connectivity index (χ4n) is 3.25. The van der Waals surface area contributed by atoms with Crippen LogP contribution in [0.2, 0.25) is 0 Å². The Balaban J connectivity index is 2.23. The smallest absolute Gasteiger partial charge is 0.274 e. The Kier molecular flexibility index (Phi) is 8.05. The van der Waals surface area contributed by atoms with Gasteiger partial charge in [-0.05, 0) is 38.5 Å². The molecule has 0 aliphatic rings. The first-order chi connectivity index (χ1) is 16.0. The predicted octanol–water partition coefficient (Wildman–Crippen LogP) is 6.39. The molecule has 3 nitrogen and oxygen atoms in total. The Bertz CT molecular complexity index is 1080. The summed E-state index contributed by atoms with van der Waals surface area (Å²) in [7, 11) is -2.03. The molecule has 3 aromatic rings. The van der Waals surface area contributed by atoms with Crippen LogP contribution < -0.4 is 4.72 Å². The van der Waals surface area contributed by atoms with E-state index in [0.717, 1.165) is 12.1 Å². The van der Waals surface area contributed by atoms with E-state index in [1.165, 1.54) is 12.1 Å². The molecule has 0 saturated heterocycles. The Morgan fingerprint density at radius 3 is 1.71 bits per heavy atom. The van der Waals surface area contributed by atoms with Crippen molar-refractivity contribution in [2.24, 2.45) is 4.99 Å². The van der Waals surface area contributed by atoms with E-state index in [4.69, 9.17) is 0 Å². The zero-order valence-electron chi connectivity index (χ0n) is 19.0. The molecule has 0 bridgehead atoms. The van der Waals surface area contributed by atoms with Crippen LogP contribution in [0.1, 0.15) is 43.5 Å². The van der Waals surface area contributed by atoms with Gasteiger partial charge >= 0.3 is 6.18 Å². The number of nitrogens with zero attached hydrogens (tertiary/aromatic N) is 1. The van der Waals surface area contributed by atoms with Gasteiger partial charge in [0.05, 0.1) is 21.4 Å². The number of rotatable bonds is 7. The third-order valence-corrected chi connectivity index (χ3v) is 6.61. The van der Waals surface area contributed by atoms with Gasteiger partial charge in [0.2, 0.25) is 0 Å². The standard InChI is InChI=1S/C26H26F4N2OS/c1-25(2,3)34(33)32-24(26(28,29)30)23(20-14-16-21(27)17-15-20)31-22(18-10-6-4-7-11-18)19-12-8-5-9-13-19/h4-17,23-24,32H,1-3H3/t23-,24+,34?/m1/s1. The van der Waals surface area contributed by atoms with E-state index in [0.29, 0.717) is 16.8 Å². The van der Waals surface area contributed by atoms with Crippen LogP contribution in [-0.4, -0.2) is 26.9 Å². The topological polar surface area (TPSA) is 41.5 Å². The lowest BCUT2D eigenvalue weighted by Gasteiger charge is -2.31. The molecule has 34 heavy (non-hydrogen) atoms. The van der Waals surface area contributed by atoms with Gasteiger partial charge in [-0.1, -0.05) is 72.8 Å². The lowest BCUT2D eigenvalue weighted by Crippen LogP contribution is -2.50. The molecular weight excluding hydrogens is 464 g/mol. The lowest BCUT2D eigenvalue weighted by molar-refractivity contribution is -0.155. The maximum atomic E-state index is 14.4. The molecule has 0 heterocycles. The number of benzene rings is 3. The Labute approximate surface area is 199 Å². The number of nitrogens with one attached hydrogen (secondary N) is 1. The third-order valence-electron chi connectivity index (χ3n) is 5.03. The first kappa shape index (κ1) is 25.8. The molecule has 0 radical (unpaired) electrons. The summed E-state index contributed by atoms with van der Waals surface area (Å²) in [5.74, 6) is -0.576. The fraction of sp³-hybridized carbons (Fsp3) is 0.269. The Morgan fingerprint density at radius 1 is 0.824 bits per heavy atom. The summed E-state index contributed by atoms with van der Waals surface area (Å²) in [6.07, 6.45) is -4.79. The number of aliphatic imine (C=N–C) groups is 1. The molecule has 0 spiro atoms. The van der Waals surface area contributed by atoms with Crippen LogP contribution in [-0.2, 0) is 11.0 Å². The quantitative estimate of drug-likeness (QED) is 0.303. The zero-order chi connectivity index (χ0) is 24.9. The summed E-state index contributed by atoms with van der Waals surface area (Å²) in [6, 6.07) is 18.7. The average molecular weight is 491 g/mol. The molecule has 0 amide bonds. The minimum Gasteiger partial charge on any atom is -0.274 e. The van der Waals surface area contributed by atoms with Crippen LogP contribution in [0.25, 0.3) is 0 Å². The van der Waals surface area contributed by atoms with Gasteiger partial charge in [0.25, 0.3) is 0 Å². The third kappa shape index (κ3) is 6.61. The molecule has 1 N–H and O–H groups in total. The van der Waals surface area contributed by atoms with Gasteiger partial charge in [-0.3, -0.25) is 4.99 Å². The molecule has 1 unspecified atom stereocenters. The SMILES string of the molecule is CC(C)(C)S(=O)N[C@@H]([C@H](N=C(c1ccccc1)c1ccccc1)c1ccc(F)cc1)C(F)(F)F. The number of alkyl halides is 3. The minimum absolute atomic E-state index is 0.145. The van der Waals surface area contributed by atoms with E-state index in [2.05, 4.69) is 9.71 Å². The molecule has 3 aromatic carbocycles. The van der Waals surface area contributed by atoms with Crippen LogP contribution in [0.3, 0.4) is 0 Å². The molecule has 3 rings (SSSR count). The van der Waals surface area contributed by atoms with Crippen molar-refractivity contribution >= 4 is 16.7 Å². The maximum absolute atomic E-state index is 14.4. The summed E-state index contributed by atoms with van der Waals surface area (Å²) in [4.78, 5) is 4.60. The van der Waals surface area contributed by atoms with E-state index in [1.54, 1.807) is 81.4 Å². The van der Waals surface area contributed by atoms with E-state index in [-0.39, 0.29) is 5.56 Å². The highest BCUT2D eigenvalue weighted by molar-refractivity contribution is 7.84. The van der Waals surface area contributed by atoms with Crippen molar-refractivity contribution in [2.75, 3.05) is 0 Å². The molecule has 0 aliphatic carbocycles. The van der Waals surface area contributed by atoms with Crippen molar-refractivity contribution in [1.82, 2.24) is 4.72 Å². The monoisotopic (exact) mass is 490 g/mol. The van der Waals surface area contributed by atoms with Crippen LogP contribution in [0.4, 0.5) is 17.6 Å². The normalized spacial score (nSPS) is 14.8. The number of halogens is 4. The van der Waals surface area contributed by atoms with Crippen LogP contribution >= 0.6 is 0 Å². The molecule has 0 aliphatic heterocycles.